The van der Waals surface area contributed by atoms with Crippen LogP contribution in [-0.2, 0) is 20.2 Å². The van der Waals surface area contributed by atoms with Crippen molar-refractivity contribution >= 4 is 61.3 Å². The number of sulfonamides is 1. The van der Waals surface area contributed by atoms with E-state index in [1.807, 2.05) is 32.9 Å². The minimum atomic E-state index is -3.66. The summed E-state index contributed by atoms with van der Waals surface area (Å²) in [6.07, 6.45) is 2.54. The van der Waals surface area contributed by atoms with Crippen LogP contribution in [0.4, 0.5) is 28.8 Å². The van der Waals surface area contributed by atoms with Crippen LogP contribution in [0.5, 0.6) is 5.75 Å². The first-order valence-corrected chi connectivity index (χ1v) is 14.1. The number of hydrogen-bond donors (Lipinski definition) is 4. The lowest BCUT2D eigenvalue weighted by atomic mass is 9.86. The molecule has 3 aromatic carbocycles. The second-order valence-electron chi connectivity index (χ2n) is 10.1. The highest BCUT2D eigenvalue weighted by atomic mass is 32.2. The molecule has 0 aliphatic heterocycles. The third-order valence-corrected chi connectivity index (χ3v) is 6.61. The Balaban J connectivity index is 1.72. The number of amides is 1. The van der Waals surface area contributed by atoms with Crippen LogP contribution in [0.2, 0.25) is 0 Å². The summed E-state index contributed by atoms with van der Waals surface area (Å²) in [5.41, 5.74) is 7.13. The number of hydrogen-bond acceptors (Lipinski definition) is 9. The number of carbonyl (C=O) groups is 2. The molecule has 12 heteroatoms. The molecule has 0 atom stereocenters. The number of fused-ring (bicyclic) bond motifs is 1. The molecule has 0 aliphatic rings. The van der Waals surface area contributed by atoms with E-state index >= 15 is 0 Å². The Hall–Kier alpha value is -4.71. The van der Waals surface area contributed by atoms with Gasteiger partial charge in [-0.05, 0) is 46.7 Å². The van der Waals surface area contributed by atoms with Gasteiger partial charge in [-0.15, -0.1) is 0 Å². The van der Waals surface area contributed by atoms with Gasteiger partial charge in [-0.1, -0.05) is 45.0 Å². The van der Waals surface area contributed by atoms with Crippen molar-refractivity contribution in [3.8, 4) is 5.75 Å². The Morgan fingerprint density at radius 3 is 2.25 bits per heavy atom. The van der Waals surface area contributed by atoms with Crippen LogP contribution in [0.25, 0.3) is 10.8 Å². The van der Waals surface area contributed by atoms with Gasteiger partial charge in [0.2, 0.25) is 16.0 Å². The summed E-state index contributed by atoms with van der Waals surface area (Å²) < 4.78 is 31.9. The van der Waals surface area contributed by atoms with Crippen LogP contribution in [0.15, 0.2) is 60.8 Å². The van der Waals surface area contributed by atoms with E-state index in [1.54, 1.807) is 42.5 Å². The quantitative estimate of drug-likeness (QED) is 0.179. The zero-order chi connectivity index (χ0) is 29.2. The number of carbonyl (C=O) groups excluding carboxylic acids is 2. The predicted molar refractivity (Wildman–Crippen MR) is 157 cm³/mol. The number of methoxy groups -OCH3 is 1. The van der Waals surface area contributed by atoms with Crippen molar-refractivity contribution in [2.75, 3.05) is 34.5 Å². The number of rotatable bonds is 8. The first-order valence-electron chi connectivity index (χ1n) is 12.2. The molecule has 208 valence electrons. The van der Waals surface area contributed by atoms with Crippen LogP contribution in [-0.4, -0.2) is 43.4 Å². The van der Waals surface area contributed by atoms with Crippen molar-refractivity contribution in [3.05, 3.63) is 71.9 Å². The number of aromatic nitrogens is 2. The molecule has 0 aliphatic carbocycles. The van der Waals surface area contributed by atoms with Crippen molar-refractivity contribution in [1.29, 1.82) is 0 Å². The normalized spacial score (nSPS) is 11.6. The molecule has 4 aromatic rings. The fourth-order valence-corrected chi connectivity index (χ4v) is 4.69. The summed E-state index contributed by atoms with van der Waals surface area (Å²) in [6, 6.07) is 15.3. The lowest BCUT2D eigenvalue weighted by Gasteiger charge is -2.23. The number of Topliss-reactive ketones (excluding diaryl/α,β-unsaturated/α-hetero) is 1. The average molecular weight is 563 g/mol. The summed E-state index contributed by atoms with van der Waals surface area (Å²) in [5, 5.41) is 7.03. The van der Waals surface area contributed by atoms with E-state index in [1.165, 1.54) is 13.3 Å². The number of nitrogens with one attached hydrogen (secondary N) is 3. The minimum Gasteiger partial charge on any atom is -0.492 e. The van der Waals surface area contributed by atoms with Gasteiger partial charge in [-0.25, -0.2) is 13.4 Å². The Kier molecular flexibility index (Phi) is 7.65. The number of ketones is 1. The van der Waals surface area contributed by atoms with Crippen molar-refractivity contribution in [1.82, 2.24) is 9.97 Å². The number of benzene rings is 3. The van der Waals surface area contributed by atoms with E-state index in [4.69, 9.17) is 10.5 Å². The Morgan fingerprint density at radius 2 is 1.62 bits per heavy atom. The number of anilines is 5. The number of ether oxygens (including phenoxy) is 1. The standard InChI is InChI=1S/C28H30N6O5S/c1-28(2,3)16-14-21(25(39-4)22(15-16)34-40(5,37)38)32-26(36)24(35)19-10-11-20(18-9-7-6-8-17(18)19)31-23-12-13-30-27(29)33-23/h6-15,34H,1-5H3,(H,32,36)(H3,29,30,31,33). The van der Waals surface area contributed by atoms with Crippen LogP contribution in [0.3, 0.4) is 0 Å². The third-order valence-electron chi connectivity index (χ3n) is 6.01. The van der Waals surface area contributed by atoms with E-state index in [2.05, 4.69) is 25.3 Å². The molecular formula is C28H30N6O5S. The van der Waals surface area contributed by atoms with Crippen molar-refractivity contribution in [2.24, 2.45) is 0 Å². The van der Waals surface area contributed by atoms with Gasteiger partial charge in [-0.3, -0.25) is 14.3 Å². The summed E-state index contributed by atoms with van der Waals surface area (Å²) in [6.45, 7) is 5.81. The highest BCUT2D eigenvalue weighted by Crippen LogP contribution is 2.39. The van der Waals surface area contributed by atoms with E-state index < -0.39 is 27.1 Å². The molecule has 5 N–H and O–H groups in total. The van der Waals surface area contributed by atoms with Crippen molar-refractivity contribution in [2.45, 2.75) is 26.2 Å². The summed E-state index contributed by atoms with van der Waals surface area (Å²) in [4.78, 5) is 34.8. The second-order valence-corrected chi connectivity index (χ2v) is 11.9. The molecule has 0 unspecified atom stereocenters. The molecule has 1 amide bonds. The zero-order valence-corrected chi connectivity index (χ0v) is 23.5. The third kappa shape index (κ3) is 6.29. The number of nitrogens with two attached hydrogens (primary N) is 1. The highest BCUT2D eigenvalue weighted by Gasteiger charge is 2.25. The molecule has 0 radical (unpaired) electrons. The van der Waals surface area contributed by atoms with Gasteiger partial charge >= 0.3 is 0 Å². The molecule has 1 heterocycles. The number of nitrogen functional groups attached to an aromatic ring is 1. The monoisotopic (exact) mass is 562 g/mol. The predicted octanol–water partition coefficient (Wildman–Crippen LogP) is 4.45. The van der Waals surface area contributed by atoms with Gasteiger partial charge in [-0.2, -0.15) is 4.98 Å². The molecule has 4 rings (SSSR count). The Morgan fingerprint density at radius 1 is 0.950 bits per heavy atom. The average Bonchev–Trinajstić information content (AvgIpc) is 2.87. The largest absolute Gasteiger partial charge is 0.492 e. The van der Waals surface area contributed by atoms with Gasteiger partial charge in [0.05, 0.1) is 24.7 Å². The lowest BCUT2D eigenvalue weighted by Crippen LogP contribution is -2.24. The molecule has 40 heavy (non-hydrogen) atoms. The molecular weight excluding hydrogens is 532 g/mol. The van der Waals surface area contributed by atoms with Gasteiger partial charge in [0.25, 0.3) is 11.7 Å². The van der Waals surface area contributed by atoms with Gasteiger partial charge in [0.1, 0.15) is 5.82 Å². The summed E-state index contributed by atoms with van der Waals surface area (Å²) in [5.74, 6) is -1.04. The maximum Gasteiger partial charge on any atom is 0.296 e. The van der Waals surface area contributed by atoms with E-state index in [0.717, 1.165) is 6.26 Å². The van der Waals surface area contributed by atoms with Gasteiger partial charge in [0, 0.05) is 22.8 Å². The van der Waals surface area contributed by atoms with Crippen LogP contribution >= 0.6 is 0 Å². The molecule has 0 saturated carbocycles. The van der Waals surface area contributed by atoms with E-state index in [-0.39, 0.29) is 28.6 Å². The lowest BCUT2D eigenvalue weighted by molar-refractivity contribution is -0.112. The molecule has 0 spiro atoms. The van der Waals surface area contributed by atoms with Crippen molar-refractivity contribution < 1.29 is 22.7 Å². The van der Waals surface area contributed by atoms with E-state index in [0.29, 0.717) is 27.8 Å². The highest BCUT2D eigenvalue weighted by molar-refractivity contribution is 7.92. The summed E-state index contributed by atoms with van der Waals surface area (Å²) in [7, 11) is -2.31. The van der Waals surface area contributed by atoms with Crippen LogP contribution in [0.1, 0.15) is 36.7 Å². The van der Waals surface area contributed by atoms with E-state index in [9.17, 15) is 18.0 Å². The smallest absolute Gasteiger partial charge is 0.296 e. The minimum absolute atomic E-state index is 0.0769. The fourth-order valence-electron chi connectivity index (χ4n) is 4.14. The Labute approximate surface area is 232 Å². The first kappa shape index (κ1) is 28.3. The maximum atomic E-state index is 13.5. The topological polar surface area (TPSA) is 165 Å². The van der Waals surface area contributed by atoms with Crippen LogP contribution < -0.4 is 25.8 Å². The number of nitrogens with zero attached hydrogens (tertiary/aromatic N) is 2. The maximum absolute atomic E-state index is 13.5. The summed E-state index contributed by atoms with van der Waals surface area (Å²) >= 11 is 0. The first-order chi connectivity index (χ1) is 18.8. The molecule has 0 saturated heterocycles. The molecule has 0 fully saturated rings. The second kappa shape index (κ2) is 10.8. The van der Waals surface area contributed by atoms with Crippen LogP contribution in [0, 0.1) is 0 Å². The SMILES string of the molecule is COc1c(NC(=O)C(=O)c2ccc(Nc3ccnc(N)n3)c3ccccc23)cc(C(C)(C)C)cc1NS(C)(=O)=O. The zero-order valence-electron chi connectivity index (χ0n) is 22.7. The molecule has 11 nitrogen and oxygen atoms in total. The molecule has 1 aromatic heterocycles. The Bertz CT molecular complexity index is 1730. The fraction of sp³-hybridized carbons (Fsp3) is 0.214. The molecule has 0 bridgehead atoms. The van der Waals surface area contributed by atoms with Gasteiger partial charge < -0.3 is 21.1 Å². The van der Waals surface area contributed by atoms with Gasteiger partial charge in [0.15, 0.2) is 5.75 Å². The van der Waals surface area contributed by atoms with Crippen molar-refractivity contribution in [3.63, 3.8) is 0 Å².